The minimum atomic E-state index is -0.00343. The third-order valence-corrected chi connectivity index (χ3v) is 5.38. The number of halogens is 3. The van der Waals surface area contributed by atoms with Crippen LogP contribution in [0.15, 0.2) is 22.0 Å². The zero-order valence-electron chi connectivity index (χ0n) is 7.80. The molecule has 0 amide bonds. The molecule has 0 aromatic carbocycles. The third-order valence-electron chi connectivity index (χ3n) is 1.97. The second-order valence-electron chi connectivity index (χ2n) is 3.03. The minimum Gasteiger partial charge on any atom is -0.294 e. The molecule has 0 atom stereocenters. The molecule has 2 aromatic heterocycles. The van der Waals surface area contributed by atoms with Crippen LogP contribution in [0.5, 0.6) is 0 Å². The maximum atomic E-state index is 11.9. The van der Waals surface area contributed by atoms with E-state index >= 15 is 0 Å². The van der Waals surface area contributed by atoms with Crippen molar-refractivity contribution in [2.75, 3.05) is 0 Å². The van der Waals surface area contributed by atoms with Crippen molar-refractivity contribution in [3.05, 3.63) is 41.1 Å². The molecule has 0 bridgehead atoms. The lowest BCUT2D eigenvalue weighted by Gasteiger charge is -1.97. The highest BCUT2D eigenvalue weighted by Crippen LogP contribution is 2.33. The number of carbonyl (C=O) groups is 1. The standard InChI is InChI=1S/C10H5BrCl2OS2/c11-6-1-2-15-8(6)4-7(14)5-3-9(12)16-10(5)13/h1-3H,4H2. The van der Waals surface area contributed by atoms with Gasteiger partial charge in [0, 0.05) is 21.3 Å². The van der Waals surface area contributed by atoms with Gasteiger partial charge in [-0.25, -0.2) is 0 Å². The number of hydrogen-bond acceptors (Lipinski definition) is 3. The van der Waals surface area contributed by atoms with E-state index in [1.54, 1.807) is 17.4 Å². The highest BCUT2D eigenvalue weighted by atomic mass is 79.9. The number of rotatable bonds is 3. The Kier molecular flexibility index (Phi) is 4.08. The van der Waals surface area contributed by atoms with E-state index in [9.17, 15) is 4.79 Å². The van der Waals surface area contributed by atoms with Crippen LogP contribution in [0.4, 0.5) is 0 Å². The van der Waals surface area contributed by atoms with Crippen molar-refractivity contribution in [1.29, 1.82) is 0 Å². The van der Waals surface area contributed by atoms with Crippen LogP contribution in [0.1, 0.15) is 15.2 Å². The van der Waals surface area contributed by atoms with E-state index in [0.717, 1.165) is 9.35 Å². The van der Waals surface area contributed by atoms with Gasteiger partial charge in [-0.15, -0.1) is 22.7 Å². The van der Waals surface area contributed by atoms with Gasteiger partial charge < -0.3 is 0 Å². The van der Waals surface area contributed by atoms with E-state index in [0.29, 0.717) is 20.7 Å². The van der Waals surface area contributed by atoms with Gasteiger partial charge in [-0.2, -0.15) is 0 Å². The Hall–Kier alpha value is 0.130. The summed E-state index contributed by atoms with van der Waals surface area (Å²) < 4.78 is 1.96. The molecule has 6 heteroatoms. The maximum Gasteiger partial charge on any atom is 0.170 e. The van der Waals surface area contributed by atoms with Crippen molar-refractivity contribution < 1.29 is 4.79 Å². The summed E-state index contributed by atoms with van der Waals surface area (Å²) in [4.78, 5) is 13.0. The average Bonchev–Trinajstić information content (AvgIpc) is 2.74. The monoisotopic (exact) mass is 354 g/mol. The van der Waals surface area contributed by atoms with E-state index in [4.69, 9.17) is 23.2 Å². The lowest BCUT2D eigenvalue weighted by molar-refractivity contribution is 0.0994. The van der Waals surface area contributed by atoms with Crippen molar-refractivity contribution >= 4 is 67.6 Å². The summed E-state index contributed by atoms with van der Waals surface area (Å²) in [6.45, 7) is 0. The molecule has 0 radical (unpaired) electrons. The minimum absolute atomic E-state index is 0.00343. The van der Waals surface area contributed by atoms with Crippen LogP contribution < -0.4 is 0 Å². The largest absolute Gasteiger partial charge is 0.294 e. The molecule has 2 heterocycles. The molecule has 0 saturated carbocycles. The Labute approximate surface area is 119 Å². The number of hydrogen-bond donors (Lipinski definition) is 0. The third kappa shape index (κ3) is 2.68. The summed E-state index contributed by atoms with van der Waals surface area (Å²) in [5.41, 5.74) is 0.511. The van der Waals surface area contributed by atoms with Crippen molar-refractivity contribution in [3.63, 3.8) is 0 Å². The summed E-state index contributed by atoms with van der Waals surface area (Å²) in [7, 11) is 0. The summed E-state index contributed by atoms with van der Waals surface area (Å²) in [6, 6.07) is 3.55. The molecule has 0 aliphatic carbocycles. The Morgan fingerprint density at radius 3 is 2.69 bits per heavy atom. The van der Waals surface area contributed by atoms with Crippen LogP contribution in [0.2, 0.25) is 8.67 Å². The predicted octanol–water partition coefficient (Wildman–Crippen LogP) is 5.30. The lowest BCUT2D eigenvalue weighted by atomic mass is 10.1. The Morgan fingerprint density at radius 1 is 1.44 bits per heavy atom. The van der Waals surface area contributed by atoms with Crippen LogP contribution in [-0.4, -0.2) is 5.78 Å². The number of carbonyl (C=O) groups excluding carboxylic acids is 1. The summed E-state index contributed by atoms with van der Waals surface area (Å²) >= 11 is 17.9. The van der Waals surface area contributed by atoms with Crippen LogP contribution in [-0.2, 0) is 6.42 Å². The number of ketones is 1. The average molecular weight is 356 g/mol. The van der Waals surface area contributed by atoms with Gasteiger partial charge in [0.05, 0.1) is 4.34 Å². The number of thiophene rings is 2. The molecule has 0 spiro atoms. The van der Waals surface area contributed by atoms with Crippen molar-refractivity contribution in [3.8, 4) is 0 Å². The summed E-state index contributed by atoms with van der Waals surface area (Å²) in [5, 5.41) is 1.94. The second kappa shape index (κ2) is 5.19. The first-order valence-corrected chi connectivity index (χ1v) is 7.52. The zero-order valence-corrected chi connectivity index (χ0v) is 12.5. The normalized spacial score (nSPS) is 10.7. The quantitative estimate of drug-likeness (QED) is 0.682. The first-order valence-electron chi connectivity index (χ1n) is 4.28. The highest BCUT2D eigenvalue weighted by Gasteiger charge is 2.16. The van der Waals surface area contributed by atoms with Crippen LogP contribution >= 0.6 is 61.8 Å². The van der Waals surface area contributed by atoms with Crippen LogP contribution in [0, 0.1) is 0 Å². The van der Waals surface area contributed by atoms with Crippen LogP contribution in [0.25, 0.3) is 0 Å². The van der Waals surface area contributed by atoms with E-state index in [1.165, 1.54) is 11.3 Å². The van der Waals surface area contributed by atoms with Crippen LogP contribution in [0.3, 0.4) is 0 Å². The van der Waals surface area contributed by atoms with Crippen molar-refractivity contribution in [1.82, 2.24) is 0 Å². The van der Waals surface area contributed by atoms with Gasteiger partial charge in [-0.1, -0.05) is 23.2 Å². The van der Waals surface area contributed by atoms with Gasteiger partial charge in [-0.3, -0.25) is 4.79 Å². The van der Waals surface area contributed by atoms with E-state index in [1.807, 2.05) is 11.4 Å². The molecule has 2 rings (SSSR count). The molecular formula is C10H5BrCl2OS2. The fraction of sp³-hybridized carbons (Fsp3) is 0.100. The van der Waals surface area contributed by atoms with Gasteiger partial charge in [0.2, 0.25) is 0 Å². The van der Waals surface area contributed by atoms with Gasteiger partial charge in [0.15, 0.2) is 5.78 Å². The molecule has 0 aliphatic heterocycles. The highest BCUT2D eigenvalue weighted by molar-refractivity contribution is 9.10. The molecule has 0 saturated heterocycles. The summed E-state index contributed by atoms with van der Waals surface area (Å²) in [6.07, 6.45) is 0.352. The molecule has 84 valence electrons. The maximum absolute atomic E-state index is 11.9. The lowest BCUT2D eigenvalue weighted by Crippen LogP contribution is -2.01. The molecule has 0 unspecified atom stereocenters. The predicted molar refractivity (Wildman–Crippen MR) is 74.4 cm³/mol. The topological polar surface area (TPSA) is 17.1 Å². The van der Waals surface area contributed by atoms with Gasteiger partial charge in [0.1, 0.15) is 4.34 Å². The van der Waals surface area contributed by atoms with E-state index < -0.39 is 0 Å². The molecular weight excluding hydrogens is 351 g/mol. The second-order valence-corrected chi connectivity index (χ2v) is 7.17. The first-order chi connectivity index (χ1) is 7.58. The van der Waals surface area contributed by atoms with Gasteiger partial charge >= 0.3 is 0 Å². The number of Topliss-reactive ketones (excluding diaryl/α,β-unsaturated/α-hetero) is 1. The summed E-state index contributed by atoms with van der Waals surface area (Å²) in [5.74, 6) is -0.00343. The Morgan fingerprint density at radius 2 is 2.19 bits per heavy atom. The first kappa shape index (κ1) is 12.6. The molecule has 2 aromatic rings. The zero-order chi connectivity index (χ0) is 11.7. The fourth-order valence-corrected chi connectivity index (χ4v) is 4.21. The molecule has 0 N–H and O–H groups in total. The smallest absolute Gasteiger partial charge is 0.170 e. The van der Waals surface area contributed by atoms with Gasteiger partial charge in [-0.05, 0) is 33.4 Å². The SMILES string of the molecule is O=C(Cc1sccc1Br)c1cc(Cl)sc1Cl. The van der Waals surface area contributed by atoms with E-state index in [2.05, 4.69) is 15.9 Å². The molecule has 0 aliphatic rings. The fourth-order valence-electron chi connectivity index (χ4n) is 1.22. The van der Waals surface area contributed by atoms with E-state index in [-0.39, 0.29) is 5.78 Å². The van der Waals surface area contributed by atoms with Gasteiger partial charge in [0.25, 0.3) is 0 Å². The molecule has 16 heavy (non-hydrogen) atoms. The molecule has 0 fully saturated rings. The van der Waals surface area contributed by atoms with Crippen molar-refractivity contribution in [2.24, 2.45) is 0 Å². The Bertz CT molecular complexity index is 533. The van der Waals surface area contributed by atoms with Crippen molar-refractivity contribution in [2.45, 2.75) is 6.42 Å². The Balaban J connectivity index is 2.21. The molecule has 1 nitrogen and oxygen atoms in total.